The lowest BCUT2D eigenvalue weighted by Gasteiger charge is -2.12. The van der Waals surface area contributed by atoms with E-state index in [0.29, 0.717) is 0 Å². The molecular formula is C32H32. The maximum atomic E-state index is 2.35. The third kappa shape index (κ3) is 5.45. The normalized spacial score (nSPS) is 12.3. The van der Waals surface area contributed by atoms with Gasteiger partial charge >= 0.3 is 0 Å². The monoisotopic (exact) mass is 416 g/mol. The van der Waals surface area contributed by atoms with Crippen LogP contribution >= 0.6 is 0 Å². The summed E-state index contributed by atoms with van der Waals surface area (Å²) in [7, 11) is 0. The summed E-state index contributed by atoms with van der Waals surface area (Å²) >= 11 is 0. The fraction of sp³-hybridized carbons (Fsp3) is 0.188. The molecule has 0 fully saturated rings. The number of allylic oxidation sites excluding steroid dienone is 2. The van der Waals surface area contributed by atoms with Crippen molar-refractivity contribution >= 4 is 34.1 Å². The highest BCUT2D eigenvalue weighted by Crippen LogP contribution is 2.30. The third-order valence-corrected chi connectivity index (χ3v) is 5.90. The second-order valence-corrected chi connectivity index (χ2v) is 8.44. The molecule has 0 amide bonds. The molecule has 0 spiro atoms. The lowest BCUT2D eigenvalue weighted by molar-refractivity contribution is 0.976. The van der Waals surface area contributed by atoms with Gasteiger partial charge in [0, 0.05) is 0 Å². The van der Waals surface area contributed by atoms with Crippen molar-refractivity contribution in [1.29, 1.82) is 0 Å². The molecule has 0 bridgehead atoms. The first-order chi connectivity index (χ1) is 15.8. The standard InChI is InChI=1S/C32H32/c1-3-11-27(21-25-13-7-5-8-14-25)29-17-19-32-24-30(18-20-31(32)23-29)28(12-4-2)22-26-15-9-6-10-16-26/h5-10,13-24H,3-4,11-12H2,1-2H3/b27-21-,28-22-. The molecule has 0 heterocycles. The van der Waals surface area contributed by atoms with Crippen molar-refractivity contribution in [3.8, 4) is 0 Å². The molecule has 0 heteroatoms. The number of hydrogen-bond acceptors (Lipinski definition) is 0. The average Bonchev–Trinajstić information content (AvgIpc) is 2.84. The molecule has 0 aliphatic heterocycles. The highest BCUT2D eigenvalue weighted by atomic mass is 14.1. The number of hydrogen-bond donors (Lipinski definition) is 0. The van der Waals surface area contributed by atoms with Gasteiger partial charge in [0.1, 0.15) is 0 Å². The summed E-state index contributed by atoms with van der Waals surface area (Å²) in [4.78, 5) is 0. The zero-order chi connectivity index (χ0) is 22.2. The molecule has 0 aromatic heterocycles. The Labute approximate surface area is 192 Å². The van der Waals surface area contributed by atoms with E-state index in [1.165, 1.54) is 44.2 Å². The van der Waals surface area contributed by atoms with Gasteiger partial charge in [0.15, 0.2) is 0 Å². The fourth-order valence-corrected chi connectivity index (χ4v) is 4.28. The van der Waals surface area contributed by atoms with Crippen LogP contribution in [0, 0.1) is 0 Å². The number of rotatable bonds is 8. The minimum Gasteiger partial charge on any atom is -0.0651 e. The smallest absolute Gasteiger partial charge is 0.0178 e. The largest absolute Gasteiger partial charge is 0.0651 e. The molecule has 4 aromatic rings. The van der Waals surface area contributed by atoms with E-state index in [2.05, 4.69) is 123 Å². The van der Waals surface area contributed by atoms with Crippen LogP contribution in [0.4, 0.5) is 0 Å². The van der Waals surface area contributed by atoms with Gasteiger partial charge in [0.05, 0.1) is 0 Å². The molecule has 4 aromatic carbocycles. The maximum absolute atomic E-state index is 2.35. The van der Waals surface area contributed by atoms with Crippen LogP contribution in [0.3, 0.4) is 0 Å². The molecule has 0 saturated carbocycles. The van der Waals surface area contributed by atoms with E-state index < -0.39 is 0 Å². The molecule has 0 nitrogen and oxygen atoms in total. The first-order valence-electron chi connectivity index (χ1n) is 11.8. The Morgan fingerprint density at radius 2 is 0.938 bits per heavy atom. The van der Waals surface area contributed by atoms with Gasteiger partial charge in [0.2, 0.25) is 0 Å². The zero-order valence-corrected chi connectivity index (χ0v) is 19.2. The van der Waals surface area contributed by atoms with E-state index in [1.54, 1.807) is 0 Å². The predicted octanol–water partition coefficient (Wildman–Crippen LogP) is 9.52. The van der Waals surface area contributed by atoms with Crippen LogP contribution in [-0.4, -0.2) is 0 Å². The number of fused-ring (bicyclic) bond motifs is 1. The van der Waals surface area contributed by atoms with Crippen LogP contribution in [0.1, 0.15) is 61.8 Å². The summed E-state index contributed by atoms with van der Waals surface area (Å²) in [5.41, 5.74) is 7.98. The van der Waals surface area contributed by atoms with Crippen molar-refractivity contribution in [3.63, 3.8) is 0 Å². The molecule has 160 valence electrons. The van der Waals surface area contributed by atoms with Gasteiger partial charge in [-0.2, -0.15) is 0 Å². The van der Waals surface area contributed by atoms with Crippen LogP contribution in [0.25, 0.3) is 34.1 Å². The lowest BCUT2D eigenvalue weighted by atomic mass is 9.93. The van der Waals surface area contributed by atoms with E-state index in [-0.39, 0.29) is 0 Å². The Hall–Kier alpha value is -3.38. The van der Waals surface area contributed by atoms with Gasteiger partial charge in [-0.05, 0) is 69.1 Å². The Morgan fingerprint density at radius 3 is 1.31 bits per heavy atom. The third-order valence-electron chi connectivity index (χ3n) is 5.90. The van der Waals surface area contributed by atoms with Gasteiger partial charge < -0.3 is 0 Å². The summed E-state index contributed by atoms with van der Waals surface area (Å²) in [6.45, 7) is 4.50. The molecule has 0 atom stereocenters. The molecular weight excluding hydrogens is 384 g/mol. The van der Waals surface area contributed by atoms with Crippen molar-refractivity contribution in [2.24, 2.45) is 0 Å². The molecule has 0 unspecified atom stereocenters. The van der Waals surface area contributed by atoms with Crippen LogP contribution in [0.2, 0.25) is 0 Å². The van der Waals surface area contributed by atoms with Crippen molar-refractivity contribution in [3.05, 3.63) is 119 Å². The Bertz CT molecular complexity index is 1110. The van der Waals surface area contributed by atoms with Gasteiger partial charge in [-0.1, -0.05) is 124 Å². The molecule has 4 rings (SSSR count). The molecule has 0 aliphatic rings. The predicted molar refractivity (Wildman–Crippen MR) is 142 cm³/mol. The lowest BCUT2D eigenvalue weighted by Crippen LogP contribution is -1.89. The Morgan fingerprint density at radius 1 is 0.531 bits per heavy atom. The second kappa shape index (κ2) is 10.8. The summed E-state index contributed by atoms with van der Waals surface area (Å²) in [5, 5.41) is 2.61. The second-order valence-electron chi connectivity index (χ2n) is 8.44. The molecule has 0 radical (unpaired) electrons. The summed E-state index contributed by atoms with van der Waals surface area (Å²) in [5.74, 6) is 0. The molecule has 0 N–H and O–H groups in total. The van der Waals surface area contributed by atoms with Crippen molar-refractivity contribution in [1.82, 2.24) is 0 Å². The summed E-state index contributed by atoms with van der Waals surface area (Å²) < 4.78 is 0. The Kier molecular flexibility index (Phi) is 7.35. The van der Waals surface area contributed by atoms with Crippen molar-refractivity contribution in [2.75, 3.05) is 0 Å². The zero-order valence-electron chi connectivity index (χ0n) is 19.2. The van der Waals surface area contributed by atoms with Crippen molar-refractivity contribution < 1.29 is 0 Å². The van der Waals surface area contributed by atoms with E-state index in [9.17, 15) is 0 Å². The fourth-order valence-electron chi connectivity index (χ4n) is 4.28. The minimum atomic E-state index is 1.08. The molecule has 0 saturated heterocycles. The SMILES string of the molecule is CCC/C(=C/c1ccccc1)c1ccc2cc(/C(=C\c3ccccc3)CCC)ccc2c1. The highest BCUT2D eigenvalue weighted by Gasteiger charge is 2.07. The van der Waals surface area contributed by atoms with Crippen LogP contribution in [0.5, 0.6) is 0 Å². The van der Waals surface area contributed by atoms with E-state index in [4.69, 9.17) is 0 Å². The first-order valence-corrected chi connectivity index (χ1v) is 11.8. The number of benzene rings is 4. The van der Waals surface area contributed by atoms with Crippen LogP contribution in [0.15, 0.2) is 97.1 Å². The highest BCUT2D eigenvalue weighted by molar-refractivity contribution is 5.93. The van der Waals surface area contributed by atoms with Crippen LogP contribution < -0.4 is 0 Å². The topological polar surface area (TPSA) is 0 Å². The minimum absolute atomic E-state index is 1.08. The van der Waals surface area contributed by atoms with Gasteiger partial charge in [-0.15, -0.1) is 0 Å². The van der Waals surface area contributed by atoms with E-state index in [0.717, 1.165) is 25.7 Å². The van der Waals surface area contributed by atoms with E-state index in [1.807, 2.05) is 0 Å². The quantitative estimate of drug-likeness (QED) is 0.251. The maximum Gasteiger partial charge on any atom is -0.0178 e. The van der Waals surface area contributed by atoms with Crippen LogP contribution in [-0.2, 0) is 0 Å². The van der Waals surface area contributed by atoms with Crippen molar-refractivity contribution in [2.45, 2.75) is 39.5 Å². The van der Waals surface area contributed by atoms with Gasteiger partial charge in [-0.25, -0.2) is 0 Å². The van der Waals surface area contributed by atoms with E-state index >= 15 is 0 Å². The molecule has 0 aliphatic carbocycles. The Balaban J connectivity index is 1.69. The average molecular weight is 417 g/mol. The van der Waals surface area contributed by atoms with Gasteiger partial charge in [0.25, 0.3) is 0 Å². The summed E-state index contributed by atoms with van der Waals surface area (Å²) in [6.07, 6.45) is 9.11. The first kappa shape index (κ1) is 21.8. The summed E-state index contributed by atoms with van der Waals surface area (Å²) in [6, 6.07) is 35.1. The van der Waals surface area contributed by atoms with Gasteiger partial charge in [-0.3, -0.25) is 0 Å². The molecule has 32 heavy (non-hydrogen) atoms.